The van der Waals surface area contributed by atoms with Crippen molar-refractivity contribution < 1.29 is 33.3 Å². The molecule has 0 saturated heterocycles. The highest BCUT2D eigenvalue weighted by atomic mass is 32.2. The minimum Gasteiger partial charge on any atom is -0.508 e. The highest BCUT2D eigenvalue weighted by Crippen LogP contribution is 2.46. The number of phenols is 1. The average molecular weight is 841 g/mol. The number of pyridine rings is 1. The maximum Gasteiger partial charge on any atom is 0.336 e. The predicted molar refractivity (Wildman–Crippen MR) is 232 cm³/mol. The molecular formula is C44H36N6O8S2. The number of benzene rings is 4. The number of nitrogens with one attached hydrogen (secondary N) is 1. The maximum atomic E-state index is 12.9. The fourth-order valence-electron chi connectivity index (χ4n) is 7.43. The van der Waals surface area contributed by atoms with Crippen LogP contribution in [0.4, 0.5) is 11.5 Å². The number of hydrogen-bond donors (Lipinski definition) is 4. The monoisotopic (exact) mass is 840 g/mol. The van der Waals surface area contributed by atoms with Gasteiger partial charge in [-0.15, -0.1) is 0 Å². The van der Waals surface area contributed by atoms with Gasteiger partial charge in [-0.25, -0.2) is 14.8 Å². The minimum atomic E-state index is -1.16. The number of carboxylic acids is 1. The Labute approximate surface area is 351 Å². The molecule has 2 aliphatic heterocycles. The molecule has 9 rings (SSSR count). The number of thiocarbonyl (C=S) groups is 1. The number of carboxylic acid groups (broad SMARTS) is 1. The Bertz CT molecular complexity index is 3000. The van der Waals surface area contributed by atoms with Crippen LogP contribution in [0.25, 0.3) is 55.8 Å². The van der Waals surface area contributed by atoms with E-state index in [-0.39, 0.29) is 35.3 Å². The van der Waals surface area contributed by atoms with Crippen molar-refractivity contribution in [1.82, 2.24) is 19.4 Å². The van der Waals surface area contributed by atoms with E-state index in [1.807, 2.05) is 49.1 Å². The molecule has 0 saturated carbocycles. The Balaban J connectivity index is 0.980. The van der Waals surface area contributed by atoms with Crippen LogP contribution in [0.2, 0.25) is 0 Å². The van der Waals surface area contributed by atoms with Gasteiger partial charge in [-0.05, 0) is 105 Å². The fraction of sp³-hybridized carbons (Fsp3) is 0.159. The SMILES string of the molecule is CC(C)N(CCCn1c(Sc2cc3c(cc2-c2ccco2)OCO3)nc2c(N)nccc21)C(=S)Nc1ccc(-c2c3ccc(=O)cc-3oc3cc(O)ccc23)c(C(=O)O)c1. The number of phenolic OH excluding ortho intramolecular Hbond substituents is 1. The van der Waals surface area contributed by atoms with Crippen molar-refractivity contribution >= 4 is 68.6 Å². The van der Waals surface area contributed by atoms with Crippen molar-refractivity contribution in [2.24, 2.45) is 0 Å². The number of anilines is 2. The molecule has 0 unspecified atom stereocenters. The Hall–Kier alpha value is -7.04. The molecule has 60 heavy (non-hydrogen) atoms. The molecule has 5 N–H and O–H groups in total. The van der Waals surface area contributed by atoms with E-state index in [1.165, 1.54) is 36.0 Å². The first-order valence-corrected chi connectivity index (χ1v) is 20.2. The molecule has 0 radical (unpaired) electrons. The van der Waals surface area contributed by atoms with Crippen LogP contribution in [0.1, 0.15) is 30.6 Å². The van der Waals surface area contributed by atoms with Crippen LogP contribution in [0.5, 0.6) is 17.2 Å². The Morgan fingerprint density at radius 1 is 1.00 bits per heavy atom. The second-order valence-corrected chi connectivity index (χ2v) is 15.7. The number of hydrogen-bond acceptors (Lipinski definition) is 12. The van der Waals surface area contributed by atoms with Crippen LogP contribution in [-0.4, -0.2) is 60.1 Å². The number of aryl methyl sites for hydroxylation is 1. The predicted octanol–water partition coefficient (Wildman–Crippen LogP) is 8.93. The van der Waals surface area contributed by atoms with E-state index in [2.05, 4.69) is 14.9 Å². The lowest BCUT2D eigenvalue weighted by Gasteiger charge is -2.30. The number of aromatic hydroxyl groups is 1. The van der Waals surface area contributed by atoms with Crippen LogP contribution >= 0.6 is 24.0 Å². The summed E-state index contributed by atoms with van der Waals surface area (Å²) in [6.45, 7) is 5.33. The normalized spacial score (nSPS) is 12.2. The third-order valence-electron chi connectivity index (χ3n) is 10.2. The zero-order valence-corrected chi connectivity index (χ0v) is 33.8. The van der Waals surface area contributed by atoms with E-state index in [9.17, 15) is 19.8 Å². The number of nitrogens with zero attached hydrogens (tertiary/aromatic N) is 4. The fourth-order valence-corrected chi connectivity index (χ4v) is 8.92. The first-order valence-electron chi connectivity index (χ1n) is 18.9. The number of rotatable bonds is 11. The summed E-state index contributed by atoms with van der Waals surface area (Å²) in [7, 11) is 0. The number of ether oxygens (including phenoxy) is 2. The van der Waals surface area contributed by atoms with Gasteiger partial charge in [-0.3, -0.25) is 4.79 Å². The Morgan fingerprint density at radius 2 is 1.82 bits per heavy atom. The summed E-state index contributed by atoms with van der Waals surface area (Å²) < 4.78 is 25.3. The summed E-state index contributed by atoms with van der Waals surface area (Å²) in [5, 5.41) is 25.7. The standard InChI is InChI=1S/C44H36N6O8S2/c1-23(2)49(43(59)47-24-6-9-27(30(17-24)42(53)54)39-28-10-7-25(51)18-34(28)58-35-19-26(52)8-11-29(35)39)14-4-15-50-32-12-13-46-41(45)40(32)48-44(50)60-38-21-37-36(56-22-57-37)20-31(38)33-5-3-16-55-33/h3,5-13,16-21,23,51H,4,14-15,22H2,1-2H3,(H2,45,46)(H,47,59)(H,53,54). The molecule has 3 aliphatic rings. The van der Waals surface area contributed by atoms with Gasteiger partial charge in [-0.2, -0.15) is 0 Å². The number of aromatic nitrogens is 3. The van der Waals surface area contributed by atoms with Crippen molar-refractivity contribution in [3.8, 4) is 51.0 Å². The summed E-state index contributed by atoms with van der Waals surface area (Å²) in [5.74, 6) is 1.35. The molecule has 0 amide bonds. The third kappa shape index (κ3) is 7.20. The number of nitrogen functional groups attached to an aromatic ring is 1. The quantitative estimate of drug-likeness (QED) is 0.0712. The largest absolute Gasteiger partial charge is 0.508 e. The van der Waals surface area contributed by atoms with Gasteiger partial charge in [0.15, 0.2) is 33.0 Å². The van der Waals surface area contributed by atoms with Gasteiger partial charge in [0, 0.05) is 70.1 Å². The van der Waals surface area contributed by atoms with E-state index < -0.39 is 5.97 Å². The van der Waals surface area contributed by atoms with Gasteiger partial charge in [0.2, 0.25) is 6.79 Å². The smallest absolute Gasteiger partial charge is 0.336 e. The molecule has 5 heterocycles. The number of fused-ring (bicyclic) bond motifs is 4. The van der Waals surface area contributed by atoms with Crippen molar-refractivity contribution in [2.75, 3.05) is 24.4 Å². The zero-order chi connectivity index (χ0) is 41.7. The molecule has 3 aromatic carbocycles. The van der Waals surface area contributed by atoms with Gasteiger partial charge in [0.25, 0.3) is 0 Å². The summed E-state index contributed by atoms with van der Waals surface area (Å²) in [6, 6.07) is 23.4. The van der Waals surface area contributed by atoms with Crippen LogP contribution < -0.4 is 26.0 Å². The van der Waals surface area contributed by atoms with Gasteiger partial charge in [-0.1, -0.05) is 17.8 Å². The number of imidazole rings is 1. The molecule has 3 aromatic heterocycles. The van der Waals surface area contributed by atoms with E-state index in [0.29, 0.717) is 91.7 Å². The van der Waals surface area contributed by atoms with Crippen LogP contribution in [0.3, 0.4) is 0 Å². The first-order chi connectivity index (χ1) is 29.0. The molecule has 14 nitrogen and oxygen atoms in total. The Morgan fingerprint density at radius 3 is 2.60 bits per heavy atom. The van der Waals surface area contributed by atoms with Crippen molar-refractivity contribution in [1.29, 1.82) is 0 Å². The lowest BCUT2D eigenvalue weighted by atomic mass is 9.90. The molecule has 1 aliphatic carbocycles. The molecule has 6 aromatic rings. The second-order valence-electron chi connectivity index (χ2n) is 14.3. The molecule has 16 heteroatoms. The summed E-state index contributed by atoms with van der Waals surface area (Å²) in [5.41, 5.74) is 10.6. The number of aromatic carboxylic acids is 1. The van der Waals surface area contributed by atoms with Gasteiger partial charge < -0.3 is 49.0 Å². The van der Waals surface area contributed by atoms with Gasteiger partial charge in [0.05, 0.1) is 17.3 Å². The highest BCUT2D eigenvalue weighted by molar-refractivity contribution is 7.99. The van der Waals surface area contributed by atoms with Crippen molar-refractivity contribution in [3.05, 3.63) is 113 Å². The molecule has 0 bridgehead atoms. The van der Waals surface area contributed by atoms with Gasteiger partial charge in [0.1, 0.15) is 28.4 Å². The third-order valence-corrected chi connectivity index (χ3v) is 11.6. The highest BCUT2D eigenvalue weighted by Gasteiger charge is 2.25. The summed E-state index contributed by atoms with van der Waals surface area (Å²) in [4.78, 5) is 37.3. The minimum absolute atomic E-state index is 0.00551. The number of carbonyl (C=O) groups is 1. The molecule has 0 fully saturated rings. The Kier molecular flexibility index (Phi) is 10.0. The number of furan rings is 1. The molecule has 302 valence electrons. The van der Waals surface area contributed by atoms with Crippen LogP contribution in [-0.2, 0) is 6.54 Å². The van der Waals surface area contributed by atoms with Crippen molar-refractivity contribution in [2.45, 2.75) is 42.9 Å². The second kappa shape index (κ2) is 15.6. The molecule has 0 atom stereocenters. The van der Waals surface area contributed by atoms with E-state index in [1.54, 1.807) is 42.8 Å². The molecule has 0 spiro atoms. The maximum absolute atomic E-state index is 12.9. The zero-order valence-electron chi connectivity index (χ0n) is 32.2. The number of nitrogens with two attached hydrogens (primary N) is 1. The van der Waals surface area contributed by atoms with E-state index in [4.69, 9.17) is 41.2 Å². The molecular weight excluding hydrogens is 805 g/mol. The first kappa shape index (κ1) is 38.5. The van der Waals surface area contributed by atoms with Crippen LogP contribution in [0.15, 0.2) is 121 Å². The lowest BCUT2D eigenvalue weighted by molar-refractivity contribution is 0.0697. The topological polar surface area (TPSA) is 191 Å². The van der Waals surface area contributed by atoms with E-state index in [0.717, 1.165) is 16.0 Å². The van der Waals surface area contributed by atoms with Gasteiger partial charge >= 0.3 is 5.97 Å². The summed E-state index contributed by atoms with van der Waals surface area (Å²) in [6.07, 6.45) is 3.95. The van der Waals surface area contributed by atoms with Crippen LogP contribution in [0, 0.1) is 0 Å². The summed E-state index contributed by atoms with van der Waals surface area (Å²) >= 11 is 7.42. The lowest BCUT2D eigenvalue weighted by Crippen LogP contribution is -2.40. The van der Waals surface area contributed by atoms with E-state index >= 15 is 0 Å². The van der Waals surface area contributed by atoms with Crippen molar-refractivity contribution in [3.63, 3.8) is 0 Å². The average Bonchev–Trinajstić information content (AvgIpc) is 3.99.